The summed E-state index contributed by atoms with van der Waals surface area (Å²) in [5, 5.41) is 3.79. The minimum atomic E-state index is 0.466. The number of nitrogens with one attached hydrogen (secondary N) is 1. The lowest BCUT2D eigenvalue weighted by Gasteiger charge is -2.28. The average molecular weight is 312 g/mol. The highest BCUT2D eigenvalue weighted by atomic mass is 79.9. The molecule has 0 aliphatic rings. The number of hydrogen-bond donors (Lipinski definition) is 1. The van der Waals surface area contributed by atoms with Crippen LogP contribution in [0.2, 0.25) is 0 Å². The SMILES string of the molecule is CCC(NC(C)C(CC)CC)c1ccc(Br)cc1. The molecular formula is C16H26BrN. The summed E-state index contributed by atoms with van der Waals surface area (Å²) in [4.78, 5) is 0. The first-order valence-corrected chi connectivity index (χ1v) is 7.93. The van der Waals surface area contributed by atoms with Crippen molar-refractivity contribution in [3.63, 3.8) is 0 Å². The summed E-state index contributed by atoms with van der Waals surface area (Å²) < 4.78 is 1.15. The third-order valence-electron chi connectivity index (χ3n) is 3.90. The van der Waals surface area contributed by atoms with Gasteiger partial charge >= 0.3 is 0 Å². The van der Waals surface area contributed by atoms with E-state index in [9.17, 15) is 0 Å². The van der Waals surface area contributed by atoms with Gasteiger partial charge in [-0.25, -0.2) is 0 Å². The molecule has 1 N–H and O–H groups in total. The van der Waals surface area contributed by atoms with Crippen molar-refractivity contribution in [3.05, 3.63) is 34.3 Å². The Hall–Kier alpha value is -0.340. The normalized spacial score (nSPS) is 14.8. The molecule has 1 nitrogen and oxygen atoms in total. The molecule has 1 aromatic carbocycles. The molecular weight excluding hydrogens is 286 g/mol. The van der Waals surface area contributed by atoms with Gasteiger partial charge in [0.2, 0.25) is 0 Å². The van der Waals surface area contributed by atoms with E-state index in [0.717, 1.165) is 16.8 Å². The Kier molecular flexibility index (Phi) is 6.95. The van der Waals surface area contributed by atoms with E-state index in [1.165, 1.54) is 18.4 Å². The zero-order valence-electron chi connectivity index (χ0n) is 12.0. The molecule has 2 unspecified atom stereocenters. The fraction of sp³-hybridized carbons (Fsp3) is 0.625. The van der Waals surface area contributed by atoms with Crippen LogP contribution < -0.4 is 5.32 Å². The van der Waals surface area contributed by atoms with Crippen molar-refractivity contribution >= 4 is 15.9 Å². The van der Waals surface area contributed by atoms with Crippen molar-refractivity contribution in [2.24, 2.45) is 5.92 Å². The highest BCUT2D eigenvalue weighted by Crippen LogP contribution is 2.22. The molecule has 2 heteroatoms. The first-order chi connectivity index (χ1) is 8.62. The molecule has 0 heterocycles. The topological polar surface area (TPSA) is 12.0 Å². The van der Waals surface area contributed by atoms with Crippen molar-refractivity contribution < 1.29 is 0 Å². The summed E-state index contributed by atoms with van der Waals surface area (Å²) in [5.41, 5.74) is 1.39. The van der Waals surface area contributed by atoms with Crippen molar-refractivity contribution in [2.45, 2.75) is 59.0 Å². The van der Waals surface area contributed by atoms with Gasteiger partial charge in [0, 0.05) is 16.6 Å². The van der Waals surface area contributed by atoms with E-state index >= 15 is 0 Å². The molecule has 0 aliphatic heterocycles. The fourth-order valence-electron chi connectivity index (χ4n) is 2.59. The number of halogens is 1. The summed E-state index contributed by atoms with van der Waals surface area (Å²) in [5.74, 6) is 0.773. The van der Waals surface area contributed by atoms with Crippen molar-refractivity contribution in [2.75, 3.05) is 0 Å². The van der Waals surface area contributed by atoms with Crippen molar-refractivity contribution in [1.29, 1.82) is 0 Å². The maximum Gasteiger partial charge on any atom is 0.0320 e. The van der Waals surface area contributed by atoms with Gasteiger partial charge in [0.25, 0.3) is 0 Å². The molecule has 0 amide bonds. The van der Waals surface area contributed by atoms with Gasteiger partial charge < -0.3 is 5.32 Å². The van der Waals surface area contributed by atoms with E-state index in [4.69, 9.17) is 0 Å². The smallest absolute Gasteiger partial charge is 0.0320 e. The van der Waals surface area contributed by atoms with Gasteiger partial charge in [0.05, 0.1) is 0 Å². The van der Waals surface area contributed by atoms with E-state index in [2.05, 4.69) is 73.2 Å². The van der Waals surface area contributed by atoms with E-state index in [-0.39, 0.29) is 0 Å². The maximum atomic E-state index is 3.79. The van der Waals surface area contributed by atoms with Crippen LogP contribution in [0.4, 0.5) is 0 Å². The van der Waals surface area contributed by atoms with E-state index in [1.54, 1.807) is 0 Å². The lowest BCUT2D eigenvalue weighted by molar-refractivity contribution is 0.319. The Labute approximate surface area is 120 Å². The highest BCUT2D eigenvalue weighted by Gasteiger charge is 2.17. The Bertz CT molecular complexity index is 329. The summed E-state index contributed by atoms with van der Waals surface area (Å²) in [6.07, 6.45) is 3.63. The Morgan fingerprint density at radius 2 is 1.56 bits per heavy atom. The molecule has 0 radical (unpaired) electrons. The molecule has 0 aromatic heterocycles. The van der Waals surface area contributed by atoms with Gasteiger partial charge in [-0.3, -0.25) is 0 Å². The predicted octanol–water partition coefficient (Wildman–Crippen LogP) is 5.31. The van der Waals surface area contributed by atoms with Crippen LogP contribution in [0.25, 0.3) is 0 Å². The Morgan fingerprint density at radius 1 is 1.00 bits per heavy atom. The summed E-state index contributed by atoms with van der Waals surface area (Å²) in [7, 11) is 0. The fourth-order valence-corrected chi connectivity index (χ4v) is 2.86. The van der Waals surface area contributed by atoms with Crippen LogP contribution in [0.5, 0.6) is 0 Å². The lowest BCUT2D eigenvalue weighted by atomic mass is 9.93. The third kappa shape index (κ3) is 4.40. The van der Waals surface area contributed by atoms with Crippen LogP contribution in [0.1, 0.15) is 58.6 Å². The molecule has 0 spiro atoms. The molecule has 0 bridgehead atoms. The second kappa shape index (κ2) is 7.96. The molecule has 102 valence electrons. The van der Waals surface area contributed by atoms with Crippen LogP contribution in [0.15, 0.2) is 28.7 Å². The zero-order chi connectivity index (χ0) is 13.5. The van der Waals surface area contributed by atoms with Gasteiger partial charge in [-0.2, -0.15) is 0 Å². The Morgan fingerprint density at radius 3 is 2.00 bits per heavy atom. The average Bonchev–Trinajstić information content (AvgIpc) is 2.38. The monoisotopic (exact) mass is 311 g/mol. The van der Waals surface area contributed by atoms with E-state index < -0.39 is 0 Å². The molecule has 1 rings (SSSR count). The highest BCUT2D eigenvalue weighted by molar-refractivity contribution is 9.10. The standard InChI is InChI=1S/C16H26BrN/c1-5-13(6-2)12(4)18-16(7-3)14-8-10-15(17)11-9-14/h8-13,16,18H,5-7H2,1-4H3. The molecule has 0 aliphatic carbocycles. The van der Waals surface area contributed by atoms with Crippen LogP contribution in [-0.2, 0) is 0 Å². The van der Waals surface area contributed by atoms with Gasteiger partial charge in [-0.1, -0.05) is 61.7 Å². The van der Waals surface area contributed by atoms with Crippen molar-refractivity contribution in [1.82, 2.24) is 5.32 Å². The minimum absolute atomic E-state index is 0.466. The largest absolute Gasteiger partial charge is 0.307 e. The van der Waals surface area contributed by atoms with Crippen LogP contribution in [-0.4, -0.2) is 6.04 Å². The van der Waals surface area contributed by atoms with Gasteiger partial charge in [0.1, 0.15) is 0 Å². The van der Waals surface area contributed by atoms with Gasteiger partial charge in [-0.15, -0.1) is 0 Å². The predicted molar refractivity (Wildman–Crippen MR) is 83.8 cm³/mol. The number of hydrogen-bond acceptors (Lipinski definition) is 1. The summed E-state index contributed by atoms with van der Waals surface area (Å²) >= 11 is 3.49. The van der Waals surface area contributed by atoms with Crippen molar-refractivity contribution in [3.8, 4) is 0 Å². The van der Waals surface area contributed by atoms with Crippen LogP contribution in [0.3, 0.4) is 0 Å². The number of rotatable bonds is 7. The second-order valence-corrected chi connectivity index (χ2v) is 5.96. The first kappa shape index (κ1) is 15.7. The minimum Gasteiger partial charge on any atom is -0.307 e. The van der Waals surface area contributed by atoms with Crippen LogP contribution >= 0.6 is 15.9 Å². The quantitative estimate of drug-likeness (QED) is 0.719. The molecule has 0 saturated heterocycles. The van der Waals surface area contributed by atoms with Crippen LogP contribution in [0, 0.1) is 5.92 Å². The van der Waals surface area contributed by atoms with E-state index in [1.807, 2.05) is 0 Å². The van der Waals surface area contributed by atoms with E-state index in [0.29, 0.717) is 12.1 Å². The first-order valence-electron chi connectivity index (χ1n) is 7.13. The van der Waals surface area contributed by atoms with Gasteiger partial charge in [0.15, 0.2) is 0 Å². The maximum absolute atomic E-state index is 3.79. The molecule has 0 fully saturated rings. The summed E-state index contributed by atoms with van der Waals surface area (Å²) in [6, 6.07) is 9.72. The lowest BCUT2D eigenvalue weighted by Crippen LogP contribution is -2.35. The van der Waals surface area contributed by atoms with Gasteiger partial charge in [-0.05, 0) is 37.0 Å². The second-order valence-electron chi connectivity index (χ2n) is 5.04. The third-order valence-corrected chi connectivity index (χ3v) is 4.43. The molecule has 18 heavy (non-hydrogen) atoms. The molecule has 0 saturated carbocycles. The zero-order valence-corrected chi connectivity index (χ0v) is 13.6. The molecule has 2 atom stereocenters. The number of benzene rings is 1. The molecule has 1 aromatic rings. The Balaban J connectivity index is 2.69. The summed E-state index contributed by atoms with van der Waals surface area (Å²) in [6.45, 7) is 9.14.